The number of benzene rings is 3. The average Bonchev–Trinajstić information content (AvgIpc) is 2.96. The number of fused-ring (bicyclic) bond motifs is 3. The molecule has 1 aromatic heterocycles. The van der Waals surface area contributed by atoms with Gasteiger partial charge in [0.2, 0.25) is 0 Å². The average molecular weight is 332 g/mol. The van der Waals surface area contributed by atoms with Crippen molar-refractivity contribution in [1.82, 2.24) is 4.57 Å². The number of rotatable bonds is 5. The highest BCUT2D eigenvalue weighted by molar-refractivity contribution is 6.07. The molecule has 0 fully saturated rings. The maximum atomic E-state index is 11.1. The fourth-order valence-electron chi connectivity index (χ4n) is 3.22. The van der Waals surface area contributed by atoms with Gasteiger partial charge in [-0.2, -0.15) is 0 Å². The highest BCUT2D eigenvalue weighted by atomic mass is 16.6. The summed E-state index contributed by atoms with van der Waals surface area (Å²) in [6.45, 7) is 0.966. The van der Waals surface area contributed by atoms with Crippen LogP contribution in [0.4, 0.5) is 5.69 Å². The van der Waals surface area contributed by atoms with E-state index in [9.17, 15) is 10.1 Å². The lowest BCUT2D eigenvalue weighted by Crippen LogP contribution is -2.08. The lowest BCUT2D eigenvalue weighted by Gasteiger charge is -2.10. The van der Waals surface area contributed by atoms with Gasteiger partial charge in [0.1, 0.15) is 6.61 Å². The van der Waals surface area contributed by atoms with Gasteiger partial charge in [-0.15, -0.1) is 0 Å². The predicted molar refractivity (Wildman–Crippen MR) is 98.0 cm³/mol. The highest BCUT2D eigenvalue weighted by Gasteiger charge is 2.14. The number of ether oxygens (including phenoxy) is 1. The van der Waals surface area contributed by atoms with Gasteiger partial charge < -0.3 is 9.30 Å². The first-order valence-electron chi connectivity index (χ1n) is 8.08. The molecule has 0 amide bonds. The number of para-hydroxylation sites is 4. The number of nitro benzene ring substituents is 1. The van der Waals surface area contributed by atoms with Gasteiger partial charge in [-0.05, 0) is 18.2 Å². The van der Waals surface area contributed by atoms with E-state index in [0.717, 1.165) is 11.0 Å². The van der Waals surface area contributed by atoms with Gasteiger partial charge in [0.05, 0.1) is 11.5 Å². The van der Waals surface area contributed by atoms with Crippen molar-refractivity contribution in [2.24, 2.45) is 0 Å². The summed E-state index contributed by atoms with van der Waals surface area (Å²) in [4.78, 5) is 10.7. The van der Waals surface area contributed by atoms with E-state index in [1.807, 2.05) is 24.3 Å². The van der Waals surface area contributed by atoms with Crippen LogP contribution >= 0.6 is 0 Å². The van der Waals surface area contributed by atoms with Crippen LogP contribution in [0.3, 0.4) is 0 Å². The van der Waals surface area contributed by atoms with Crippen LogP contribution in [0.15, 0.2) is 72.8 Å². The predicted octanol–water partition coefficient (Wildman–Crippen LogP) is 4.78. The van der Waals surface area contributed by atoms with E-state index >= 15 is 0 Å². The van der Waals surface area contributed by atoms with Crippen molar-refractivity contribution in [2.45, 2.75) is 6.54 Å². The second-order valence-electron chi connectivity index (χ2n) is 5.76. The third kappa shape index (κ3) is 2.70. The van der Waals surface area contributed by atoms with Crippen molar-refractivity contribution in [2.75, 3.05) is 6.61 Å². The van der Waals surface area contributed by atoms with Crippen molar-refractivity contribution >= 4 is 27.5 Å². The molecule has 5 nitrogen and oxygen atoms in total. The zero-order valence-electron chi connectivity index (χ0n) is 13.5. The van der Waals surface area contributed by atoms with Gasteiger partial charge in [0.15, 0.2) is 5.75 Å². The second-order valence-corrected chi connectivity index (χ2v) is 5.76. The van der Waals surface area contributed by atoms with Crippen LogP contribution in [0.25, 0.3) is 21.8 Å². The molecule has 0 spiro atoms. The van der Waals surface area contributed by atoms with E-state index in [0.29, 0.717) is 18.9 Å². The van der Waals surface area contributed by atoms with E-state index in [1.54, 1.807) is 18.2 Å². The summed E-state index contributed by atoms with van der Waals surface area (Å²) in [5.41, 5.74) is 2.26. The Morgan fingerprint density at radius 3 is 2.04 bits per heavy atom. The van der Waals surface area contributed by atoms with Crippen molar-refractivity contribution < 1.29 is 9.66 Å². The first-order chi connectivity index (χ1) is 12.3. The number of nitrogens with zero attached hydrogens (tertiary/aromatic N) is 2. The second kappa shape index (κ2) is 6.28. The van der Waals surface area contributed by atoms with Crippen LogP contribution in [0.5, 0.6) is 5.75 Å². The molecule has 0 N–H and O–H groups in total. The summed E-state index contributed by atoms with van der Waals surface area (Å²) < 4.78 is 7.90. The highest BCUT2D eigenvalue weighted by Crippen LogP contribution is 2.29. The molecule has 0 bridgehead atoms. The fraction of sp³-hybridized carbons (Fsp3) is 0.100. The lowest BCUT2D eigenvalue weighted by atomic mass is 10.2. The molecule has 3 aromatic carbocycles. The van der Waals surface area contributed by atoms with Crippen LogP contribution in [-0.4, -0.2) is 16.1 Å². The Morgan fingerprint density at radius 2 is 1.40 bits per heavy atom. The molecule has 4 rings (SSSR count). The zero-order chi connectivity index (χ0) is 17.2. The number of nitro groups is 1. The molecule has 0 aliphatic heterocycles. The van der Waals surface area contributed by atoms with Crippen molar-refractivity contribution in [3.05, 3.63) is 82.9 Å². The first-order valence-corrected chi connectivity index (χ1v) is 8.08. The number of hydrogen-bond donors (Lipinski definition) is 0. The summed E-state index contributed by atoms with van der Waals surface area (Å²) >= 11 is 0. The van der Waals surface area contributed by atoms with Crippen LogP contribution in [0, 0.1) is 10.1 Å². The van der Waals surface area contributed by atoms with E-state index in [4.69, 9.17) is 4.74 Å². The van der Waals surface area contributed by atoms with Gasteiger partial charge in [-0.3, -0.25) is 10.1 Å². The normalized spacial score (nSPS) is 11.0. The molecule has 25 heavy (non-hydrogen) atoms. The van der Waals surface area contributed by atoms with E-state index in [-0.39, 0.29) is 5.69 Å². The molecule has 0 aliphatic carbocycles. The quantitative estimate of drug-likeness (QED) is 0.390. The molecule has 4 aromatic rings. The molecular weight excluding hydrogens is 316 g/mol. The Kier molecular flexibility index (Phi) is 3.82. The summed E-state index contributed by atoms with van der Waals surface area (Å²) in [5, 5.41) is 13.5. The Hall–Kier alpha value is -3.34. The van der Waals surface area contributed by atoms with Gasteiger partial charge in [0, 0.05) is 27.9 Å². The largest absolute Gasteiger partial charge is 0.485 e. The molecule has 0 saturated heterocycles. The summed E-state index contributed by atoms with van der Waals surface area (Å²) in [5.74, 6) is 0.299. The minimum Gasteiger partial charge on any atom is -0.485 e. The monoisotopic (exact) mass is 332 g/mol. The minimum atomic E-state index is -0.421. The van der Waals surface area contributed by atoms with Gasteiger partial charge in [-0.1, -0.05) is 48.5 Å². The maximum absolute atomic E-state index is 11.1. The summed E-state index contributed by atoms with van der Waals surface area (Å²) in [6, 6.07) is 22.9. The summed E-state index contributed by atoms with van der Waals surface area (Å²) in [6.07, 6.45) is 0. The van der Waals surface area contributed by atoms with Gasteiger partial charge in [-0.25, -0.2) is 0 Å². The minimum absolute atomic E-state index is 0.00952. The van der Waals surface area contributed by atoms with Crippen LogP contribution in [0.1, 0.15) is 0 Å². The standard InChI is InChI=1S/C20H16N2O3/c23-22(24)19-11-5-6-12-20(19)25-14-13-21-17-9-3-1-7-15(17)16-8-2-4-10-18(16)21/h1-12H,13-14H2. The Balaban J connectivity index is 1.64. The first kappa shape index (κ1) is 15.2. The molecule has 124 valence electrons. The van der Waals surface area contributed by atoms with Crippen LogP contribution in [-0.2, 0) is 6.54 Å². The van der Waals surface area contributed by atoms with Gasteiger partial charge >= 0.3 is 5.69 Å². The Morgan fingerprint density at radius 1 is 0.840 bits per heavy atom. The van der Waals surface area contributed by atoms with E-state index in [2.05, 4.69) is 28.8 Å². The van der Waals surface area contributed by atoms with E-state index < -0.39 is 4.92 Å². The molecule has 0 saturated carbocycles. The van der Waals surface area contributed by atoms with Gasteiger partial charge in [0.25, 0.3) is 0 Å². The number of hydrogen-bond acceptors (Lipinski definition) is 3. The molecule has 1 heterocycles. The third-order valence-electron chi connectivity index (χ3n) is 4.31. The van der Waals surface area contributed by atoms with E-state index in [1.165, 1.54) is 16.8 Å². The zero-order valence-corrected chi connectivity index (χ0v) is 13.5. The SMILES string of the molecule is O=[N+]([O-])c1ccccc1OCCn1c2ccccc2c2ccccc21. The fourth-order valence-corrected chi connectivity index (χ4v) is 3.22. The molecule has 5 heteroatoms. The molecule has 0 radical (unpaired) electrons. The Bertz CT molecular complexity index is 1020. The van der Waals surface area contributed by atoms with Crippen molar-refractivity contribution in [1.29, 1.82) is 0 Å². The van der Waals surface area contributed by atoms with Crippen LogP contribution < -0.4 is 4.74 Å². The summed E-state index contributed by atoms with van der Waals surface area (Å²) in [7, 11) is 0. The third-order valence-corrected chi connectivity index (χ3v) is 4.31. The molecule has 0 atom stereocenters. The van der Waals surface area contributed by atoms with Crippen molar-refractivity contribution in [3.8, 4) is 5.75 Å². The maximum Gasteiger partial charge on any atom is 0.310 e. The smallest absolute Gasteiger partial charge is 0.310 e. The van der Waals surface area contributed by atoms with Crippen molar-refractivity contribution in [3.63, 3.8) is 0 Å². The molecular formula is C20H16N2O3. The number of aromatic nitrogens is 1. The molecule has 0 unspecified atom stereocenters. The lowest BCUT2D eigenvalue weighted by molar-refractivity contribution is -0.385. The molecule has 0 aliphatic rings. The topological polar surface area (TPSA) is 57.3 Å². The van der Waals surface area contributed by atoms with Crippen LogP contribution in [0.2, 0.25) is 0 Å². The Labute approximate surface area is 144 Å².